The van der Waals surface area contributed by atoms with Crippen molar-refractivity contribution in [2.24, 2.45) is 0 Å². The van der Waals surface area contributed by atoms with Crippen LogP contribution < -0.4 is 4.90 Å². The number of halogens is 1. The minimum Gasteiger partial charge on any atom is -0.365 e. The normalized spacial score (nSPS) is 13.9. The fourth-order valence-corrected chi connectivity index (χ4v) is 3.04. The van der Waals surface area contributed by atoms with Gasteiger partial charge in [-0.1, -0.05) is 6.07 Å². The van der Waals surface area contributed by atoms with E-state index in [0.29, 0.717) is 6.54 Å². The number of H-pyrrole nitrogens is 1. The first-order valence-electron chi connectivity index (χ1n) is 7.70. The highest BCUT2D eigenvalue weighted by atomic mass is 19.1. The molecule has 0 amide bonds. The summed E-state index contributed by atoms with van der Waals surface area (Å²) in [5.41, 5.74) is 4.86. The number of hydrogen-bond donors (Lipinski definition) is 1. The fourth-order valence-electron chi connectivity index (χ4n) is 3.04. The predicted molar refractivity (Wildman–Crippen MR) is 87.7 cm³/mol. The lowest BCUT2D eigenvalue weighted by molar-refractivity contribution is 0.623. The van der Waals surface area contributed by atoms with Crippen molar-refractivity contribution < 1.29 is 4.39 Å². The SMILES string of the molecule is Cc1cc(F)cc(N2CCc3nc(-c4ccccn4)[nH]c3C2)c1. The molecule has 1 aromatic carbocycles. The minimum absolute atomic E-state index is 0.190. The number of aromatic nitrogens is 3. The number of fused-ring (bicyclic) bond motifs is 1. The molecule has 3 heterocycles. The number of rotatable bonds is 2. The lowest BCUT2D eigenvalue weighted by Gasteiger charge is -2.28. The predicted octanol–water partition coefficient (Wildman–Crippen LogP) is 3.48. The zero-order chi connectivity index (χ0) is 15.8. The third kappa shape index (κ3) is 2.70. The van der Waals surface area contributed by atoms with Crippen LogP contribution in [-0.4, -0.2) is 21.5 Å². The van der Waals surface area contributed by atoms with Gasteiger partial charge in [0.05, 0.1) is 17.9 Å². The van der Waals surface area contributed by atoms with Gasteiger partial charge in [-0.15, -0.1) is 0 Å². The van der Waals surface area contributed by atoms with E-state index in [1.54, 1.807) is 18.3 Å². The van der Waals surface area contributed by atoms with Gasteiger partial charge >= 0.3 is 0 Å². The fraction of sp³-hybridized carbons (Fsp3) is 0.222. The van der Waals surface area contributed by atoms with Crippen molar-refractivity contribution in [3.63, 3.8) is 0 Å². The topological polar surface area (TPSA) is 44.8 Å². The molecule has 5 heteroatoms. The second-order valence-corrected chi connectivity index (χ2v) is 5.88. The minimum atomic E-state index is -0.190. The molecule has 0 saturated heterocycles. The Bertz CT molecular complexity index is 821. The molecule has 1 aliphatic rings. The first kappa shape index (κ1) is 13.9. The summed E-state index contributed by atoms with van der Waals surface area (Å²) in [6, 6.07) is 10.9. The van der Waals surface area contributed by atoms with Gasteiger partial charge in [-0.3, -0.25) is 4.98 Å². The maximum Gasteiger partial charge on any atom is 0.156 e. The van der Waals surface area contributed by atoms with Gasteiger partial charge in [0.25, 0.3) is 0 Å². The second-order valence-electron chi connectivity index (χ2n) is 5.88. The summed E-state index contributed by atoms with van der Waals surface area (Å²) in [5, 5.41) is 0. The third-order valence-electron chi connectivity index (χ3n) is 4.13. The quantitative estimate of drug-likeness (QED) is 0.788. The van der Waals surface area contributed by atoms with Crippen LogP contribution in [-0.2, 0) is 13.0 Å². The van der Waals surface area contributed by atoms with Crippen molar-refractivity contribution in [2.75, 3.05) is 11.4 Å². The molecular weight excluding hydrogens is 291 g/mol. The number of pyridine rings is 1. The Balaban J connectivity index is 1.63. The van der Waals surface area contributed by atoms with Crippen LogP contribution in [0.1, 0.15) is 17.0 Å². The number of aromatic amines is 1. The zero-order valence-electron chi connectivity index (χ0n) is 12.9. The molecule has 3 aromatic rings. The standard InChI is InChI=1S/C18H17FN4/c1-12-8-13(19)10-14(9-12)23-7-5-15-17(11-23)22-18(21-15)16-4-2-3-6-20-16/h2-4,6,8-10H,5,7,11H2,1H3,(H,21,22). The second kappa shape index (κ2) is 5.50. The molecule has 0 saturated carbocycles. The molecule has 0 atom stereocenters. The van der Waals surface area contributed by atoms with Crippen molar-refractivity contribution >= 4 is 5.69 Å². The van der Waals surface area contributed by atoms with Gasteiger partial charge < -0.3 is 9.88 Å². The lowest BCUT2D eigenvalue weighted by atomic mass is 10.1. The Morgan fingerprint density at radius 2 is 2.13 bits per heavy atom. The molecular formula is C18H17FN4. The van der Waals surface area contributed by atoms with Gasteiger partial charge in [-0.2, -0.15) is 0 Å². The average molecular weight is 308 g/mol. The maximum atomic E-state index is 13.6. The summed E-state index contributed by atoms with van der Waals surface area (Å²) in [6.45, 7) is 3.46. The number of aryl methyl sites for hydroxylation is 1. The Labute approximate surface area is 134 Å². The summed E-state index contributed by atoms with van der Waals surface area (Å²) in [7, 11) is 0. The molecule has 0 fully saturated rings. The van der Waals surface area contributed by atoms with Gasteiger partial charge in [0, 0.05) is 24.8 Å². The van der Waals surface area contributed by atoms with Crippen LogP contribution in [0, 0.1) is 12.7 Å². The van der Waals surface area contributed by atoms with Crippen molar-refractivity contribution in [1.29, 1.82) is 0 Å². The Morgan fingerprint density at radius 1 is 1.22 bits per heavy atom. The van der Waals surface area contributed by atoms with Crippen LogP contribution in [0.5, 0.6) is 0 Å². The highest BCUT2D eigenvalue weighted by Crippen LogP contribution is 2.26. The number of nitrogens with one attached hydrogen (secondary N) is 1. The smallest absolute Gasteiger partial charge is 0.156 e. The van der Waals surface area contributed by atoms with Crippen molar-refractivity contribution in [3.05, 3.63) is 65.4 Å². The molecule has 4 nitrogen and oxygen atoms in total. The van der Waals surface area contributed by atoms with Crippen LogP contribution in [0.2, 0.25) is 0 Å². The van der Waals surface area contributed by atoms with E-state index < -0.39 is 0 Å². The molecule has 4 rings (SSSR count). The Morgan fingerprint density at radius 3 is 2.91 bits per heavy atom. The van der Waals surface area contributed by atoms with E-state index in [1.165, 1.54) is 0 Å². The zero-order valence-corrected chi connectivity index (χ0v) is 12.9. The number of anilines is 1. The number of imidazole rings is 1. The first-order chi connectivity index (χ1) is 11.2. The van der Waals surface area contributed by atoms with E-state index in [0.717, 1.165) is 47.1 Å². The van der Waals surface area contributed by atoms with Crippen molar-refractivity contribution in [1.82, 2.24) is 15.0 Å². The molecule has 116 valence electrons. The summed E-state index contributed by atoms with van der Waals surface area (Å²) >= 11 is 0. The van der Waals surface area contributed by atoms with Crippen LogP contribution >= 0.6 is 0 Å². The molecule has 0 spiro atoms. The van der Waals surface area contributed by atoms with E-state index >= 15 is 0 Å². The molecule has 2 aromatic heterocycles. The number of nitrogens with zero attached hydrogens (tertiary/aromatic N) is 3. The monoisotopic (exact) mass is 308 g/mol. The molecule has 1 N–H and O–H groups in total. The van der Waals surface area contributed by atoms with E-state index in [9.17, 15) is 4.39 Å². The van der Waals surface area contributed by atoms with E-state index in [-0.39, 0.29) is 5.82 Å². The molecule has 23 heavy (non-hydrogen) atoms. The molecule has 1 aliphatic heterocycles. The van der Waals surface area contributed by atoms with Crippen molar-refractivity contribution in [2.45, 2.75) is 19.9 Å². The van der Waals surface area contributed by atoms with Crippen molar-refractivity contribution in [3.8, 4) is 11.5 Å². The summed E-state index contributed by atoms with van der Waals surface area (Å²) in [5.74, 6) is 0.609. The Kier molecular flexibility index (Phi) is 3.33. The van der Waals surface area contributed by atoms with Crippen LogP contribution in [0.15, 0.2) is 42.6 Å². The largest absolute Gasteiger partial charge is 0.365 e. The van der Waals surface area contributed by atoms with E-state index in [4.69, 9.17) is 0 Å². The van der Waals surface area contributed by atoms with Crippen LogP contribution in [0.4, 0.5) is 10.1 Å². The van der Waals surface area contributed by atoms with E-state index in [1.807, 2.05) is 31.2 Å². The molecule has 0 bridgehead atoms. The third-order valence-corrected chi connectivity index (χ3v) is 4.13. The van der Waals surface area contributed by atoms with E-state index in [2.05, 4.69) is 19.9 Å². The van der Waals surface area contributed by atoms with Crippen LogP contribution in [0.25, 0.3) is 11.5 Å². The maximum absolute atomic E-state index is 13.6. The van der Waals surface area contributed by atoms with Gasteiger partial charge in [-0.25, -0.2) is 9.37 Å². The summed E-state index contributed by atoms with van der Waals surface area (Å²) in [6.07, 6.45) is 2.60. The highest BCUT2D eigenvalue weighted by Gasteiger charge is 2.21. The number of hydrogen-bond acceptors (Lipinski definition) is 3. The van der Waals surface area contributed by atoms with Gasteiger partial charge in [-0.05, 0) is 42.8 Å². The van der Waals surface area contributed by atoms with Crippen LogP contribution in [0.3, 0.4) is 0 Å². The summed E-state index contributed by atoms with van der Waals surface area (Å²) < 4.78 is 13.6. The highest BCUT2D eigenvalue weighted by molar-refractivity contribution is 5.54. The van der Waals surface area contributed by atoms with Gasteiger partial charge in [0.15, 0.2) is 5.82 Å². The summed E-state index contributed by atoms with van der Waals surface area (Å²) in [4.78, 5) is 14.6. The van der Waals surface area contributed by atoms with Gasteiger partial charge in [0.1, 0.15) is 11.5 Å². The molecule has 0 radical (unpaired) electrons. The molecule has 0 unspecified atom stereocenters. The van der Waals surface area contributed by atoms with Gasteiger partial charge in [0.2, 0.25) is 0 Å². The Hall–Kier alpha value is -2.69. The first-order valence-corrected chi connectivity index (χ1v) is 7.70. The molecule has 0 aliphatic carbocycles. The lowest BCUT2D eigenvalue weighted by Crippen LogP contribution is -2.30. The average Bonchev–Trinajstić information content (AvgIpc) is 2.98. The number of benzene rings is 1.